The molecule has 1 N–H and O–H groups in total. The van der Waals surface area contributed by atoms with Crippen LogP contribution in [-0.4, -0.2) is 58.9 Å². The highest BCUT2D eigenvalue weighted by molar-refractivity contribution is 6.31. The second kappa shape index (κ2) is 6.13. The molecule has 7 heteroatoms. The molecular formula is C14H15ClN2O4. The molecule has 6 nitrogen and oxygen atoms in total. The molecule has 112 valence electrons. The van der Waals surface area contributed by atoms with E-state index < -0.39 is 11.9 Å². The highest BCUT2D eigenvalue weighted by Crippen LogP contribution is 2.17. The fraction of sp³-hybridized carbons (Fsp3) is 0.357. The summed E-state index contributed by atoms with van der Waals surface area (Å²) in [6, 6.07) is 5.12. The number of benzene rings is 1. The van der Waals surface area contributed by atoms with E-state index in [9.17, 15) is 14.4 Å². The maximum absolute atomic E-state index is 12.4. The summed E-state index contributed by atoms with van der Waals surface area (Å²) in [4.78, 5) is 37.2. The molecule has 0 aromatic heterocycles. The minimum Gasteiger partial charge on any atom is -0.474 e. The molecule has 1 aliphatic rings. The quantitative estimate of drug-likeness (QED) is 0.786. The number of carboxylic acid groups (broad SMARTS) is 1. The lowest BCUT2D eigenvalue weighted by Gasteiger charge is -2.34. The molecule has 0 radical (unpaired) electrons. The van der Waals surface area contributed by atoms with Gasteiger partial charge in [0.2, 0.25) is 0 Å². The third-order valence-corrected chi connectivity index (χ3v) is 3.54. The van der Waals surface area contributed by atoms with Crippen molar-refractivity contribution < 1.29 is 19.5 Å². The minimum atomic E-state index is -1.47. The predicted octanol–water partition coefficient (Wildman–Crippen LogP) is 1.02. The molecule has 0 spiro atoms. The summed E-state index contributed by atoms with van der Waals surface area (Å²) in [6.07, 6.45) is 0. The zero-order valence-corrected chi connectivity index (χ0v) is 12.3. The Morgan fingerprint density at radius 2 is 1.62 bits per heavy atom. The van der Waals surface area contributed by atoms with Crippen LogP contribution >= 0.6 is 11.6 Å². The first-order valence-corrected chi connectivity index (χ1v) is 6.85. The number of halogens is 1. The topological polar surface area (TPSA) is 77.9 Å². The number of rotatable bonds is 1. The summed E-state index contributed by atoms with van der Waals surface area (Å²) in [6.45, 7) is 2.91. The summed E-state index contributed by atoms with van der Waals surface area (Å²) < 4.78 is 0. The van der Waals surface area contributed by atoms with E-state index in [-0.39, 0.29) is 19.0 Å². The summed E-state index contributed by atoms with van der Waals surface area (Å²) >= 11 is 5.94. The smallest absolute Gasteiger partial charge is 0.394 e. The number of piperazine rings is 1. The van der Waals surface area contributed by atoms with Crippen LogP contribution in [0.5, 0.6) is 0 Å². The van der Waals surface area contributed by atoms with Crippen molar-refractivity contribution in [1.82, 2.24) is 9.80 Å². The Hall–Kier alpha value is -2.08. The van der Waals surface area contributed by atoms with Crippen LogP contribution in [0.4, 0.5) is 0 Å². The van der Waals surface area contributed by atoms with Crippen LogP contribution in [0.25, 0.3) is 0 Å². The van der Waals surface area contributed by atoms with Crippen LogP contribution in [0.2, 0.25) is 5.02 Å². The van der Waals surface area contributed by atoms with Crippen LogP contribution in [-0.2, 0) is 9.59 Å². The molecule has 0 saturated carbocycles. The molecule has 1 aliphatic heterocycles. The van der Waals surface area contributed by atoms with Crippen LogP contribution in [0.3, 0.4) is 0 Å². The molecule has 21 heavy (non-hydrogen) atoms. The Balaban J connectivity index is 2.03. The molecule has 2 amide bonds. The van der Waals surface area contributed by atoms with Gasteiger partial charge in [0.1, 0.15) is 0 Å². The molecule has 2 rings (SSSR count). The van der Waals surface area contributed by atoms with E-state index in [1.165, 1.54) is 4.90 Å². The number of carbonyl (C=O) groups is 3. The minimum absolute atomic E-state index is 0.164. The molecule has 1 aromatic carbocycles. The van der Waals surface area contributed by atoms with E-state index >= 15 is 0 Å². The van der Waals surface area contributed by atoms with Crippen molar-refractivity contribution in [2.24, 2.45) is 0 Å². The predicted molar refractivity (Wildman–Crippen MR) is 76.3 cm³/mol. The Morgan fingerprint density at radius 1 is 1.05 bits per heavy atom. The standard InChI is InChI=1S/C14H15ClN2O4/c1-9-6-10(8-11(15)7-9)12(18)16-2-4-17(5-3-16)13(19)14(20)21/h6-8H,2-5H2,1H3,(H,20,21). The van der Waals surface area contributed by atoms with Gasteiger partial charge < -0.3 is 14.9 Å². The van der Waals surface area contributed by atoms with E-state index in [2.05, 4.69) is 0 Å². The number of hydrogen-bond donors (Lipinski definition) is 1. The lowest BCUT2D eigenvalue weighted by atomic mass is 10.1. The van der Waals surface area contributed by atoms with Crippen molar-refractivity contribution in [3.8, 4) is 0 Å². The Bertz CT molecular complexity index is 574. The van der Waals surface area contributed by atoms with Crippen molar-refractivity contribution in [3.05, 3.63) is 34.3 Å². The van der Waals surface area contributed by atoms with Crippen LogP contribution < -0.4 is 0 Å². The average Bonchev–Trinajstić information content (AvgIpc) is 2.44. The molecule has 1 fully saturated rings. The second-order valence-electron chi connectivity index (χ2n) is 4.91. The number of amides is 2. The Morgan fingerprint density at radius 3 is 2.14 bits per heavy atom. The van der Waals surface area contributed by atoms with Gasteiger partial charge in [0.25, 0.3) is 5.91 Å². The first-order valence-electron chi connectivity index (χ1n) is 6.47. The van der Waals surface area contributed by atoms with Gasteiger partial charge in [0, 0.05) is 36.8 Å². The molecule has 0 unspecified atom stereocenters. The molecule has 0 atom stereocenters. The molecule has 1 aromatic rings. The van der Waals surface area contributed by atoms with E-state index in [4.69, 9.17) is 16.7 Å². The number of hydrogen-bond acceptors (Lipinski definition) is 3. The normalized spacial score (nSPS) is 15.0. The fourth-order valence-corrected chi connectivity index (χ4v) is 2.58. The molecule has 1 saturated heterocycles. The number of carboxylic acids is 1. The monoisotopic (exact) mass is 310 g/mol. The van der Waals surface area contributed by atoms with Gasteiger partial charge in [0.15, 0.2) is 0 Å². The van der Waals surface area contributed by atoms with Gasteiger partial charge in [-0.1, -0.05) is 11.6 Å². The lowest BCUT2D eigenvalue weighted by molar-refractivity contribution is -0.156. The Labute approximate surface area is 126 Å². The number of nitrogens with zero attached hydrogens (tertiary/aromatic N) is 2. The Kier molecular flexibility index (Phi) is 4.47. The number of aliphatic carboxylic acids is 1. The third-order valence-electron chi connectivity index (χ3n) is 3.33. The highest BCUT2D eigenvalue weighted by atomic mass is 35.5. The van der Waals surface area contributed by atoms with E-state index in [1.54, 1.807) is 23.1 Å². The van der Waals surface area contributed by atoms with Gasteiger partial charge in [-0.05, 0) is 30.7 Å². The maximum Gasteiger partial charge on any atom is 0.394 e. The lowest BCUT2D eigenvalue weighted by Crippen LogP contribution is -2.52. The van der Waals surface area contributed by atoms with Crippen LogP contribution in [0, 0.1) is 6.92 Å². The number of aryl methyl sites for hydroxylation is 1. The van der Waals surface area contributed by atoms with Gasteiger partial charge in [-0.2, -0.15) is 0 Å². The summed E-state index contributed by atoms with van der Waals surface area (Å²) in [5, 5.41) is 9.16. The van der Waals surface area contributed by atoms with Gasteiger partial charge in [-0.25, -0.2) is 4.79 Å². The van der Waals surface area contributed by atoms with Gasteiger partial charge >= 0.3 is 11.9 Å². The van der Waals surface area contributed by atoms with Crippen molar-refractivity contribution in [1.29, 1.82) is 0 Å². The van der Waals surface area contributed by atoms with Crippen LogP contribution in [0.15, 0.2) is 18.2 Å². The van der Waals surface area contributed by atoms with Crippen molar-refractivity contribution in [3.63, 3.8) is 0 Å². The van der Waals surface area contributed by atoms with E-state index in [1.807, 2.05) is 6.92 Å². The molecule has 1 heterocycles. The van der Waals surface area contributed by atoms with Crippen molar-refractivity contribution >= 4 is 29.4 Å². The zero-order valence-electron chi connectivity index (χ0n) is 11.5. The van der Waals surface area contributed by atoms with Gasteiger partial charge in [-0.3, -0.25) is 9.59 Å². The average molecular weight is 311 g/mol. The maximum atomic E-state index is 12.4. The van der Waals surface area contributed by atoms with Crippen molar-refractivity contribution in [2.45, 2.75) is 6.92 Å². The van der Waals surface area contributed by atoms with Gasteiger partial charge in [0.05, 0.1) is 0 Å². The van der Waals surface area contributed by atoms with Crippen molar-refractivity contribution in [2.75, 3.05) is 26.2 Å². The summed E-state index contributed by atoms with van der Waals surface area (Å²) in [7, 11) is 0. The first kappa shape index (κ1) is 15.3. The SMILES string of the molecule is Cc1cc(Cl)cc(C(=O)N2CCN(C(=O)C(=O)O)CC2)c1. The van der Waals surface area contributed by atoms with Gasteiger partial charge in [-0.15, -0.1) is 0 Å². The largest absolute Gasteiger partial charge is 0.474 e. The van der Waals surface area contributed by atoms with E-state index in [0.29, 0.717) is 23.7 Å². The molecule has 0 bridgehead atoms. The fourth-order valence-electron chi connectivity index (χ4n) is 2.29. The molecular weight excluding hydrogens is 296 g/mol. The van der Waals surface area contributed by atoms with Crippen LogP contribution in [0.1, 0.15) is 15.9 Å². The molecule has 0 aliphatic carbocycles. The van der Waals surface area contributed by atoms with E-state index in [0.717, 1.165) is 5.56 Å². The second-order valence-corrected chi connectivity index (χ2v) is 5.34. The first-order chi connectivity index (χ1) is 9.88. The third kappa shape index (κ3) is 3.52. The highest BCUT2D eigenvalue weighted by Gasteiger charge is 2.28. The zero-order chi connectivity index (χ0) is 15.6. The number of carbonyl (C=O) groups excluding carboxylic acids is 2. The summed E-state index contributed by atoms with van der Waals surface area (Å²) in [5.41, 5.74) is 1.39. The summed E-state index contributed by atoms with van der Waals surface area (Å²) in [5.74, 6) is -2.57.